The molecule has 162 valence electrons. The third-order valence-electron chi connectivity index (χ3n) is 4.53. The summed E-state index contributed by atoms with van der Waals surface area (Å²) in [7, 11) is 1.61. The van der Waals surface area contributed by atoms with Gasteiger partial charge >= 0.3 is 0 Å². The Hall–Kier alpha value is -3.45. The third kappa shape index (κ3) is 6.26. The average molecular weight is 443 g/mol. The molecule has 0 aliphatic rings. The number of methoxy groups -OCH3 is 1. The number of nitrogens with zero attached hydrogens (tertiary/aromatic N) is 1. The third-order valence-corrected chi connectivity index (χ3v) is 4.78. The number of hydrogen-bond donors (Lipinski definition) is 1. The normalized spacial score (nSPS) is 10.4. The van der Waals surface area contributed by atoms with E-state index in [0.717, 1.165) is 11.5 Å². The lowest BCUT2D eigenvalue weighted by molar-refractivity contribution is -0.118. The fourth-order valence-electron chi connectivity index (χ4n) is 2.87. The molecule has 0 saturated carbocycles. The second-order valence-electron chi connectivity index (χ2n) is 6.66. The van der Waals surface area contributed by atoms with Crippen molar-refractivity contribution in [3.05, 3.63) is 81.7 Å². The first-order chi connectivity index (χ1) is 15.0. The van der Waals surface area contributed by atoms with Crippen molar-refractivity contribution in [2.75, 3.05) is 25.6 Å². The molecule has 0 unspecified atom stereocenters. The van der Waals surface area contributed by atoms with E-state index in [9.17, 15) is 9.59 Å². The highest BCUT2D eigenvalue weighted by Gasteiger charge is 2.11. The number of hydrogen-bond acceptors (Lipinski definition) is 5. The molecular weight excluding hydrogens is 420 g/mol. The molecule has 1 amide bonds. The van der Waals surface area contributed by atoms with E-state index < -0.39 is 0 Å². The summed E-state index contributed by atoms with van der Waals surface area (Å²) in [6, 6.07) is 15.4. The number of rotatable bonds is 9. The van der Waals surface area contributed by atoms with E-state index in [0.29, 0.717) is 29.6 Å². The van der Waals surface area contributed by atoms with Gasteiger partial charge in [-0.15, -0.1) is 0 Å². The quantitative estimate of drug-likeness (QED) is 0.543. The first-order valence-electron chi connectivity index (χ1n) is 9.61. The van der Waals surface area contributed by atoms with Crippen LogP contribution in [0.3, 0.4) is 0 Å². The fourth-order valence-corrected chi connectivity index (χ4v) is 3.00. The Morgan fingerprint density at radius 3 is 2.35 bits per heavy atom. The largest absolute Gasteiger partial charge is 0.497 e. The summed E-state index contributed by atoms with van der Waals surface area (Å²) in [5, 5.41) is 3.27. The van der Waals surface area contributed by atoms with Crippen LogP contribution in [0.15, 0.2) is 65.6 Å². The number of nitrogens with one attached hydrogen (secondary N) is 1. The summed E-state index contributed by atoms with van der Waals surface area (Å²) in [5.74, 6) is 1.23. The Balaban J connectivity index is 1.57. The van der Waals surface area contributed by atoms with Crippen LogP contribution in [0.25, 0.3) is 0 Å². The standard InChI is InChI=1S/C23H23ClN2O5/c1-16-23(31-15-22(28)25-18-5-3-17(24)4-6-18)21(27)11-12-26(16)13-14-30-20-9-7-19(29-2)8-10-20/h3-12H,13-15H2,1-2H3,(H,25,28). The lowest BCUT2D eigenvalue weighted by Gasteiger charge is -2.15. The molecule has 3 aromatic rings. The highest BCUT2D eigenvalue weighted by molar-refractivity contribution is 6.30. The molecule has 1 N–H and O–H groups in total. The monoisotopic (exact) mass is 442 g/mol. The maximum absolute atomic E-state index is 12.2. The number of carbonyl (C=O) groups is 1. The van der Waals surface area contributed by atoms with Gasteiger partial charge in [-0.3, -0.25) is 9.59 Å². The van der Waals surface area contributed by atoms with Crippen LogP contribution in [0.2, 0.25) is 5.02 Å². The van der Waals surface area contributed by atoms with Crippen LogP contribution in [-0.2, 0) is 11.3 Å². The number of amides is 1. The molecule has 31 heavy (non-hydrogen) atoms. The lowest BCUT2D eigenvalue weighted by Crippen LogP contribution is -2.24. The molecule has 7 nitrogen and oxygen atoms in total. The van der Waals surface area contributed by atoms with Crippen LogP contribution >= 0.6 is 11.6 Å². The summed E-state index contributed by atoms with van der Waals surface area (Å²) >= 11 is 5.83. The zero-order valence-corrected chi connectivity index (χ0v) is 18.0. The molecule has 0 bridgehead atoms. The molecule has 3 rings (SSSR count). The van der Waals surface area contributed by atoms with Crippen molar-refractivity contribution in [1.29, 1.82) is 0 Å². The van der Waals surface area contributed by atoms with E-state index in [1.165, 1.54) is 6.07 Å². The molecule has 8 heteroatoms. The van der Waals surface area contributed by atoms with Crippen molar-refractivity contribution in [1.82, 2.24) is 4.57 Å². The van der Waals surface area contributed by atoms with E-state index in [4.69, 9.17) is 25.8 Å². The molecule has 0 aliphatic heterocycles. The summed E-state index contributed by atoms with van der Waals surface area (Å²) in [4.78, 5) is 24.4. The van der Waals surface area contributed by atoms with Gasteiger partial charge in [-0.2, -0.15) is 0 Å². The number of aromatic nitrogens is 1. The average Bonchev–Trinajstić information content (AvgIpc) is 2.77. The fraction of sp³-hybridized carbons (Fsp3) is 0.217. The first kappa shape index (κ1) is 22.2. The SMILES string of the molecule is COc1ccc(OCCn2ccc(=O)c(OCC(=O)Nc3ccc(Cl)cc3)c2C)cc1. The number of ether oxygens (including phenoxy) is 3. The Morgan fingerprint density at radius 1 is 1.00 bits per heavy atom. The predicted octanol–water partition coefficient (Wildman–Crippen LogP) is 3.92. The zero-order valence-electron chi connectivity index (χ0n) is 17.3. The van der Waals surface area contributed by atoms with Crippen molar-refractivity contribution >= 4 is 23.2 Å². The number of anilines is 1. The van der Waals surface area contributed by atoms with Gasteiger partial charge < -0.3 is 24.1 Å². The van der Waals surface area contributed by atoms with Gasteiger partial charge in [0, 0.05) is 23.0 Å². The van der Waals surface area contributed by atoms with E-state index in [-0.39, 0.29) is 23.7 Å². The molecule has 0 fully saturated rings. The first-order valence-corrected chi connectivity index (χ1v) is 9.99. The van der Waals surface area contributed by atoms with Crippen molar-refractivity contribution in [3.63, 3.8) is 0 Å². The van der Waals surface area contributed by atoms with Gasteiger partial charge in [-0.1, -0.05) is 11.6 Å². The second-order valence-corrected chi connectivity index (χ2v) is 7.09. The van der Waals surface area contributed by atoms with E-state index in [1.807, 2.05) is 28.8 Å². The molecule has 0 atom stereocenters. The van der Waals surface area contributed by atoms with Crippen LogP contribution in [0.1, 0.15) is 5.69 Å². The minimum atomic E-state index is -0.376. The van der Waals surface area contributed by atoms with E-state index >= 15 is 0 Å². The summed E-state index contributed by atoms with van der Waals surface area (Å²) in [6.07, 6.45) is 1.68. The summed E-state index contributed by atoms with van der Waals surface area (Å²) in [5.41, 5.74) is 0.921. The molecule has 0 spiro atoms. The Kier molecular flexibility index (Phi) is 7.56. The van der Waals surface area contributed by atoms with Gasteiger partial charge in [0.15, 0.2) is 12.4 Å². The van der Waals surface area contributed by atoms with Crippen LogP contribution in [0.5, 0.6) is 17.2 Å². The highest BCUT2D eigenvalue weighted by atomic mass is 35.5. The van der Waals surface area contributed by atoms with Crippen molar-refractivity contribution in [2.24, 2.45) is 0 Å². The lowest BCUT2D eigenvalue weighted by atomic mass is 10.3. The Bertz CT molecular complexity index is 1080. The maximum atomic E-state index is 12.2. The number of benzene rings is 2. The zero-order chi connectivity index (χ0) is 22.2. The molecule has 0 saturated heterocycles. The van der Waals surface area contributed by atoms with Gasteiger partial charge in [-0.05, 0) is 55.5 Å². The number of halogens is 1. The van der Waals surface area contributed by atoms with Crippen LogP contribution < -0.4 is 25.0 Å². The summed E-state index contributed by atoms with van der Waals surface area (Å²) in [6.45, 7) is 2.38. The topological polar surface area (TPSA) is 78.8 Å². The molecular formula is C23H23ClN2O5. The maximum Gasteiger partial charge on any atom is 0.262 e. The Morgan fingerprint density at radius 2 is 1.68 bits per heavy atom. The van der Waals surface area contributed by atoms with Gasteiger partial charge in [0.1, 0.15) is 18.1 Å². The van der Waals surface area contributed by atoms with Crippen LogP contribution in [0, 0.1) is 6.92 Å². The molecule has 2 aromatic carbocycles. The predicted molar refractivity (Wildman–Crippen MR) is 120 cm³/mol. The van der Waals surface area contributed by atoms with Crippen LogP contribution in [0.4, 0.5) is 5.69 Å². The van der Waals surface area contributed by atoms with Crippen molar-refractivity contribution in [2.45, 2.75) is 13.5 Å². The smallest absolute Gasteiger partial charge is 0.262 e. The molecule has 0 aliphatic carbocycles. The number of pyridine rings is 1. The minimum Gasteiger partial charge on any atom is -0.497 e. The van der Waals surface area contributed by atoms with Crippen molar-refractivity contribution in [3.8, 4) is 17.2 Å². The molecule has 1 aromatic heterocycles. The molecule has 1 heterocycles. The number of carbonyl (C=O) groups excluding carboxylic acids is 1. The minimum absolute atomic E-state index is 0.137. The highest BCUT2D eigenvalue weighted by Crippen LogP contribution is 2.18. The van der Waals surface area contributed by atoms with Gasteiger partial charge in [0.25, 0.3) is 5.91 Å². The van der Waals surface area contributed by atoms with Crippen LogP contribution in [-0.4, -0.2) is 30.8 Å². The Labute approximate surface area is 185 Å². The summed E-state index contributed by atoms with van der Waals surface area (Å²) < 4.78 is 18.2. The van der Waals surface area contributed by atoms with E-state index in [1.54, 1.807) is 44.5 Å². The second kappa shape index (κ2) is 10.5. The van der Waals surface area contributed by atoms with Crippen molar-refractivity contribution < 1.29 is 19.0 Å². The van der Waals surface area contributed by atoms with Gasteiger partial charge in [-0.25, -0.2) is 0 Å². The molecule has 0 radical (unpaired) electrons. The van der Waals surface area contributed by atoms with Gasteiger partial charge in [0.2, 0.25) is 5.43 Å². The van der Waals surface area contributed by atoms with E-state index in [2.05, 4.69) is 5.32 Å². The van der Waals surface area contributed by atoms with Gasteiger partial charge in [0.05, 0.1) is 19.3 Å².